The molecule has 0 spiro atoms. The van der Waals surface area contributed by atoms with Crippen molar-refractivity contribution < 1.29 is 4.87 Å². The van der Waals surface area contributed by atoms with Gasteiger partial charge in [0.2, 0.25) is 7.05 Å². The second-order valence-electron chi connectivity index (χ2n) is 2.82. The van der Waals surface area contributed by atoms with Crippen LogP contribution in [0.5, 0.6) is 0 Å². The topological polar surface area (TPSA) is 23.3 Å². The van der Waals surface area contributed by atoms with Crippen molar-refractivity contribution in [2.24, 2.45) is 0 Å². The van der Waals surface area contributed by atoms with Crippen LogP contribution < -0.4 is 5.01 Å². The Bertz CT molecular complexity index is 279. The summed E-state index contributed by atoms with van der Waals surface area (Å²) in [4.78, 5) is 11.7. The SMILES string of the molecule is Cc1ccc(N(C)[N+](C)=O)cc1. The first kappa shape index (κ1) is 8.71. The van der Waals surface area contributed by atoms with Crippen LogP contribution in [0.3, 0.4) is 0 Å². The van der Waals surface area contributed by atoms with E-state index in [0.29, 0.717) is 0 Å². The highest BCUT2D eigenvalue weighted by atomic mass is 16.3. The Kier molecular flexibility index (Phi) is 2.43. The summed E-state index contributed by atoms with van der Waals surface area (Å²) in [5.41, 5.74) is 2.10. The maximum Gasteiger partial charge on any atom is 0.216 e. The van der Waals surface area contributed by atoms with Crippen molar-refractivity contribution in [2.45, 2.75) is 6.92 Å². The van der Waals surface area contributed by atoms with Crippen LogP contribution in [0.2, 0.25) is 0 Å². The van der Waals surface area contributed by atoms with Gasteiger partial charge in [-0.2, -0.15) is 0 Å². The highest BCUT2D eigenvalue weighted by Crippen LogP contribution is 2.12. The van der Waals surface area contributed by atoms with Gasteiger partial charge in [0.1, 0.15) is 10.6 Å². The minimum Gasteiger partial charge on any atom is -0.112 e. The third-order valence-electron chi connectivity index (χ3n) is 1.83. The van der Waals surface area contributed by atoms with Gasteiger partial charge in [-0.05, 0) is 19.1 Å². The number of nitroso groups, excluding NO2 is 1. The normalized spacial score (nSPS) is 9.58. The van der Waals surface area contributed by atoms with Crippen LogP contribution in [-0.2, 0) is 0 Å². The van der Waals surface area contributed by atoms with E-state index in [1.54, 1.807) is 12.1 Å². The molecule has 64 valence electrons. The van der Waals surface area contributed by atoms with Crippen molar-refractivity contribution in [3.05, 3.63) is 34.7 Å². The number of hydrazine groups is 1. The molecule has 3 heteroatoms. The summed E-state index contributed by atoms with van der Waals surface area (Å²) in [6.07, 6.45) is 0. The summed E-state index contributed by atoms with van der Waals surface area (Å²) in [5, 5.41) is 1.54. The summed E-state index contributed by atoms with van der Waals surface area (Å²) < 4.78 is 0. The summed E-state index contributed by atoms with van der Waals surface area (Å²) in [7, 11) is 3.21. The molecule has 0 unspecified atom stereocenters. The van der Waals surface area contributed by atoms with Gasteiger partial charge < -0.3 is 0 Å². The lowest BCUT2D eigenvalue weighted by Gasteiger charge is -2.06. The number of anilines is 1. The molecule has 0 aliphatic carbocycles. The van der Waals surface area contributed by atoms with Crippen LogP contribution in [0.1, 0.15) is 5.56 Å². The molecular weight excluding hydrogens is 152 g/mol. The van der Waals surface area contributed by atoms with Gasteiger partial charge in [0, 0.05) is 0 Å². The molecule has 3 nitrogen and oxygen atoms in total. The summed E-state index contributed by atoms with van der Waals surface area (Å²) in [6, 6.07) is 7.80. The summed E-state index contributed by atoms with van der Waals surface area (Å²) in [6.45, 7) is 2.02. The minimum atomic E-state index is 0.796. The van der Waals surface area contributed by atoms with E-state index >= 15 is 0 Å². The molecule has 1 aromatic rings. The molecule has 0 N–H and O–H groups in total. The molecule has 0 aliphatic heterocycles. The molecule has 0 saturated carbocycles. The highest BCUT2D eigenvalue weighted by molar-refractivity contribution is 5.43. The van der Waals surface area contributed by atoms with Crippen LogP contribution >= 0.6 is 0 Å². The zero-order valence-corrected chi connectivity index (χ0v) is 7.61. The van der Waals surface area contributed by atoms with Gasteiger partial charge in [0.15, 0.2) is 0 Å². The molecule has 0 aromatic heterocycles. The number of hydrogen-bond acceptors (Lipinski definition) is 1. The summed E-state index contributed by atoms with van der Waals surface area (Å²) in [5.74, 6) is 0. The van der Waals surface area contributed by atoms with E-state index < -0.39 is 0 Å². The van der Waals surface area contributed by atoms with Crippen molar-refractivity contribution >= 4 is 5.69 Å². The van der Waals surface area contributed by atoms with Crippen molar-refractivity contribution in [3.8, 4) is 0 Å². The molecule has 0 aliphatic rings. The number of nitrogens with zero attached hydrogens (tertiary/aromatic N) is 2. The van der Waals surface area contributed by atoms with Gasteiger partial charge >= 0.3 is 0 Å². The molecule has 0 saturated heterocycles. The molecular formula is C9H13N2O+. The fourth-order valence-electron chi connectivity index (χ4n) is 0.923. The first-order valence-electron chi connectivity index (χ1n) is 3.82. The van der Waals surface area contributed by atoms with Crippen molar-refractivity contribution in [3.63, 3.8) is 0 Å². The van der Waals surface area contributed by atoms with Gasteiger partial charge in [-0.1, -0.05) is 17.7 Å². The largest absolute Gasteiger partial charge is 0.216 e. The number of aryl methyl sites for hydroxylation is 1. The number of hydrogen-bond donors (Lipinski definition) is 0. The van der Waals surface area contributed by atoms with Crippen molar-refractivity contribution in [2.75, 3.05) is 19.1 Å². The zero-order chi connectivity index (χ0) is 9.14. The van der Waals surface area contributed by atoms with E-state index in [4.69, 9.17) is 0 Å². The first-order valence-corrected chi connectivity index (χ1v) is 3.82. The predicted molar refractivity (Wildman–Crippen MR) is 49.1 cm³/mol. The quantitative estimate of drug-likeness (QED) is 0.492. The molecule has 0 fully saturated rings. The first-order chi connectivity index (χ1) is 5.61. The Labute approximate surface area is 72.2 Å². The van der Waals surface area contributed by atoms with Crippen LogP contribution in [0, 0.1) is 11.8 Å². The van der Waals surface area contributed by atoms with Crippen molar-refractivity contribution in [1.82, 2.24) is 0 Å². The van der Waals surface area contributed by atoms with E-state index in [1.165, 1.54) is 12.6 Å². The Balaban J connectivity index is 2.89. The lowest BCUT2D eigenvalue weighted by Crippen LogP contribution is -2.25. The third kappa shape index (κ3) is 1.81. The minimum absolute atomic E-state index is 0.796. The number of rotatable bonds is 2. The predicted octanol–water partition coefficient (Wildman–Crippen LogP) is 1.75. The van der Waals surface area contributed by atoms with Crippen LogP contribution in [0.15, 0.2) is 24.3 Å². The fourth-order valence-corrected chi connectivity index (χ4v) is 0.923. The second-order valence-corrected chi connectivity index (χ2v) is 2.82. The molecule has 0 heterocycles. The maximum absolute atomic E-state index is 10.9. The van der Waals surface area contributed by atoms with Gasteiger partial charge in [0.25, 0.3) is 0 Å². The smallest absolute Gasteiger partial charge is 0.112 e. The van der Waals surface area contributed by atoms with E-state index in [9.17, 15) is 4.91 Å². The van der Waals surface area contributed by atoms with Crippen LogP contribution in [0.25, 0.3) is 0 Å². The third-order valence-corrected chi connectivity index (χ3v) is 1.83. The van der Waals surface area contributed by atoms with E-state index in [2.05, 4.69) is 0 Å². The lowest BCUT2D eigenvalue weighted by molar-refractivity contribution is -0.528. The molecule has 0 bridgehead atoms. The molecule has 0 amide bonds. The van der Waals surface area contributed by atoms with Gasteiger partial charge in [-0.15, -0.1) is 5.01 Å². The molecule has 0 atom stereocenters. The van der Waals surface area contributed by atoms with Crippen LogP contribution in [0.4, 0.5) is 5.69 Å². The Morgan fingerprint density at radius 3 is 2.17 bits per heavy atom. The Morgan fingerprint density at radius 1 is 1.25 bits per heavy atom. The standard InChI is InChI=1S/C9H13N2O/c1-8-4-6-9(7-5-8)10(2)11(3)12/h4-7H,1-3H3/q+1. The highest BCUT2D eigenvalue weighted by Gasteiger charge is 2.09. The van der Waals surface area contributed by atoms with E-state index in [-0.39, 0.29) is 0 Å². The van der Waals surface area contributed by atoms with Gasteiger partial charge in [-0.25, -0.2) is 0 Å². The Morgan fingerprint density at radius 2 is 1.75 bits per heavy atom. The fraction of sp³-hybridized carbons (Fsp3) is 0.333. The molecule has 1 aromatic carbocycles. The van der Waals surface area contributed by atoms with Gasteiger partial charge in [-0.3, -0.25) is 0 Å². The van der Waals surface area contributed by atoms with E-state index in [0.717, 1.165) is 10.6 Å². The monoisotopic (exact) mass is 165 g/mol. The summed E-state index contributed by atoms with van der Waals surface area (Å²) >= 11 is 0. The van der Waals surface area contributed by atoms with Gasteiger partial charge in [0.05, 0.1) is 12.0 Å². The van der Waals surface area contributed by atoms with E-state index in [1.807, 2.05) is 31.2 Å². The van der Waals surface area contributed by atoms with Crippen LogP contribution in [-0.4, -0.2) is 19.0 Å². The molecule has 12 heavy (non-hydrogen) atoms. The zero-order valence-electron chi connectivity index (χ0n) is 7.61. The average molecular weight is 165 g/mol. The lowest BCUT2D eigenvalue weighted by atomic mass is 10.2. The number of benzene rings is 1. The molecule has 1 rings (SSSR count). The maximum atomic E-state index is 10.9. The molecule has 0 radical (unpaired) electrons. The van der Waals surface area contributed by atoms with Crippen molar-refractivity contribution in [1.29, 1.82) is 0 Å². The second kappa shape index (κ2) is 3.34. The average Bonchev–Trinajstić information content (AvgIpc) is 2.04. The Hall–Kier alpha value is -1.38.